The molecule has 17 heavy (non-hydrogen) atoms. The van der Waals surface area contributed by atoms with Crippen LogP contribution in [-0.4, -0.2) is 11.7 Å². The summed E-state index contributed by atoms with van der Waals surface area (Å²) in [5, 5.41) is 0. The molecule has 0 atom stereocenters. The third-order valence-corrected chi connectivity index (χ3v) is 2.42. The molecule has 4 heteroatoms. The molecule has 0 aliphatic rings. The summed E-state index contributed by atoms with van der Waals surface area (Å²) in [6.45, 7) is 3.96. The Morgan fingerprint density at radius 3 is 2.47 bits per heavy atom. The zero-order chi connectivity index (χ0) is 13.0. The van der Waals surface area contributed by atoms with Crippen LogP contribution in [0.4, 0.5) is 5.69 Å². The van der Waals surface area contributed by atoms with Crippen LogP contribution in [0.5, 0.6) is 0 Å². The molecule has 1 rings (SSSR count). The monoisotopic (exact) mass is 234 g/mol. The van der Waals surface area contributed by atoms with E-state index in [1.807, 2.05) is 13.8 Å². The van der Waals surface area contributed by atoms with Gasteiger partial charge in [-0.2, -0.15) is 0 Å². The number of rotatable bonds is 5. The van der Waals surface area contributed by atoms with Gasteiger partial charge in [0.15, 0.2) is 0 Å². The number of benzene rings is 1. The van der Waals surface area contributed by atoms with Gasteiger partial charge >= 0.3 is 0 Å². The van der Waals surface area contributed by atoms with Gasteiger partial charge in [0.1, 0.15) is 5.78 Å². The van der Waals surface area contributed by atoms with E-state index in [4.69, 9.17) is 11.5 Å². The summed E-state index contributed by atoms with van der Waals surface area (Å²) in [6.07, 6.45) is 0.735. The summed E-state index contributed by atoms with van der Waals surface area (Å²) in [5.74, 6) is -0.134. The lowest BCUT2D eigenvalue weighted by atomic mass is 9.97. The first-order chi connectivity index (χ1) is 7.90. The number of carbonyl (C=O) groups excluding carboxylic acids is 2. The molecule has 1 amide bonds. The molecule has 0 radical (unpaired) electrons. The zero-order valence-corrected chi connectivity index (χ0v) is 10.2. The number of Topliss-reactive ketones (excluding diaryl/α,β-unsaturated/α-hetero) is 1. The number of anilines is 1. The molecule has 4 nitrogen and oxygen atoms in total. The van der Waals surface area contributed by atoms with Gasteiger partial charge < -0.3 is 11.5 Å². The van der Waals surface area contributed by atoms with Crippen LogP contribution in [-0.2, 0) is 11.2 Å². The molecule has 0 saturated carbocycles. The van der Waals surface area contributed by atoms with Gasteiger partial charge in [0.25, 0.3) is 0 Å². The minimum Gasteiger partial charge on any atom is -0.399 e. The van der Waals surface area contributed by atoms with E-state index in [9.17, 15) is 9.59 Å². The molecule has 0 aromatic heterocycles. The zero-order valence-electron chi connectivity index (χ0n) is 10.2. The van der Waals surface area contributed by atoms with E-state index in [0.717, 1.165) is 0 Å². The highest BCUT2D eigenvalue weighted by molar-refractivity contribution is 5.96. The van der Waals surface area contributed by atoms with Crippen LogP contribution in [0.2, 0.25) is 0 Å². The lowest BCUT2D eigenvalue weighted by Gasteiger charge is -2.08. The van der Waals surface area contributed by atoms with Crippen molar-refractivity contribution in [1.29, 1.82) is 0 Å². The Morgan fingerprint density at radius 1 is 1.29 bits per heavy atom. The summed E-state index contributed by atoms with van der Waals surface area (Å²) < 4.78 is 0. The van der Waals surface area contributed by atoms with Crippen LogP contribution >= 0.6 is 0 Å². The average Bonchev–Trinajstić information content (AvgIpc) is 2.19. The van der Waals surface area contributed by atoms with Crippen LogP contribution in [0.3, 0.4) is 0 Å². The maximum Gasteiger partial charge on any atom is 0.249 e. The SMILES string of the molecule is CC(C)CC(=O)Cc1ccc(N)cc1C(N)=O. The molecule has 0 saturated heterocycles. The molecule has 1 aromatic carbocycles. The Morgan fingerprint density at radius 2 is 1.94 bits per heavy atom. The fourth-order valence-electron chi connectivity index (χ4n) is 1.72. The number of nitrogens with two attached hydrogens (primary N) is 2. The Kier molecular flexibility index (Phi) is 4.26. The second kappa shape index (κ2) is 5.48. The first-order valence-corrected chi connectivity index (χ1v) is 5.60. The molecule has 0 spiro atoms. The van der Waals surface area contributed by atoms with Crippen molar-refractivity contribution in [2.75, 3.05) is 5.73 Å². The quantitative estimate of drug-likeness (QED) is 0.757. The van der Waals surface area contributed by atoms with Crippen molar-refractivity contribution in [3.8, 4) is 0 Å². The van der Waals surface area contributed by atoms with Gasteiger partial charge in [0.2, 0.25) is 5.91 Å². The number of carbonyl (C=O) groups is 2. The van der Waals surface area contributed by atoms with E-state index < -0.39 is 5.91 Å². The minimum atomic E-state index is -0.551. The second-order valence-corrected chi connectivity index (χ2v) is 4.59. The van der Waals surface area contributed by atoms with Crippen LogP contribution in [0.15, 0.2) is 18.2 Å². The largest absolute Gasteiger partial charge is 0.399 e. The standard InChI is InChI=1S/C13H18N2O2/c1-8(2)5-11(16)6-9-3-4-10(14)7-12(9)13(15)17/h3-4,7-8H,5-6,14H2,1-2H3,(H2,15,17). The molecule has 0 heterocycles. The normalized spacial score (nSPS) is 10.5. The number of hydrogen-bond acceptors (Lipinski definition) is 3. The second-order valence-electron chi connectivity index (χ2n) is 4.59. The van der Waals surface area contributed by atoms with E-state index in [0.29, 0.717) is 29.2 Å². The maximum atomic E-state index is 11.7. The van der Waals surface area contributed by atoms with E-state index in [-0.39, 0.29) is 12.2 Å². The van der Waals surface area contributed by atoms with Crippen LogP contribution in [0.1, 0.15) is 36.2 Å². The van der Waals surface area contributed by atoms with E-state index in [1.54, 1.807) is 12.1 Å². The van der Waals surface area contributed by atoms with Crippen molar-refractivity contribution in [2.24, 2.45) is 11.7 Å². The van der Waals surface area contributed by atoms with Crippen LogP contribution < -0.4 is 11.5 Å². The fourth-order valence-corrected chi connectivity index (χ4v) is 1.72. The summed E-state index contributed by atoms with van der Waals surface area (Å²) in [5.41, 5.74) is 12.3. The smallest absolute Gasteiger partial charge is 0.249 e. The van der Waals surface area contributed by atoms with Crippen molar-refractivity contribution in [3.05, 3.63) is 29.3 Å². The van der Waals surface area contributed by atoms with Gasteiger partial charge in [-0.15, -0.1) is 0 Å². The van der Waals surface area contributed by atoms with Crippen molar-refractivity contribution in [2.45, 2.75) is 26.7 Å². The minimum absolute atomic E-state index is 0.104. The molecule has 0 unspecified atom stereocenters. The maximum absolute atomic E-state index is 11.7. The van der Waals surface area contributed by atoms with Crippen molar-refractivity contribution in [3.63, 3.8) is 0 Å². The van der Waals surface area contributed by atoms with Crippen LogP contribution in [0.25, 0.3) is 0 Å². The summed E-state index contributed by atoms with van der Waals surface area (Å²) in [7, 11) is 0. The summed E-state index contributed by atoms with van der Waals surface area (Å²) in [4.78, 5) is 22.9. The Labute approximate surface area is 101 Å². The van der Waals surface area contributed by atoms with Gasteiger partial charge in [-0.1, -0.05) is 19.9 Å². The molecular formula is C13H18N2O2. The first-order valence-electron chi connectivity index (χ1n) is 5.60. The fraction of sp³-hybridized carbons (Fsp3) is 0.385. The number of nitrogen functional groups attached to an aromatic ring is 1. The Hall–Kier alpha value is -1.84. The number of amides is 1. The summed E-state index contributed by atoms with van der Waals surface area (Å²) in [6, 6.07) is 4.87. The van der Waals surface area contributed by atoms with E-state index in [2.05, 4.69) is 0 Å². The number of ketones is 1. The number of primary amides is 1. The predicted octanol–water partition coefficient (Wildman–Crippen LogP) is 1.53. The van der Waals surface area contributed by atoms with Gasteiger partial charge in [-0.3, -0.25) is 9.59 Å². The Balaban J connectivity index is 2.91. The van der Waals surface area contributed by atoms with Crippen LogP contribution in [0, 0.1) is 5.92 Å². The third-order valence-electron chi connectivity index (χ3n) is 2.42. The molecule has 0 aliphatic heterocycles. The van der Waals surface area contributed by atoms with Crippen molar-refractivity contribution < 1.29 is 9.59 Å². The molecule has 1 aromatic rings. The molecule has 92 valence electrons. The average molecular weight is 234 g/mol. The number of hydrogen-bond donors (Lipinski definition) is 2. The highest BCUT2D eigenvalue weighted by Gasteiger charge is 2.13. The van der Waals surface area contributed by atoms with Gasteiger partial charge in [-0.05, 0) is 23.6 Å². The van der Waals surface area contributed by atoms with E-state index in [1.165, 1.54) is 6.07 Å². The predicted molar refractivity (Wildman–Crippen MR) is 67.5 cm³/mol. The third kappa shape index (κ3) is 3.90. The highest BCUT2D eigenvalue weighted by atomic mass is 16.1. The molecule has 0 aliphatic carbocycles. The highest BCUT2D eigenvalue weighted by Crippen LogP contribution is 2.15. The lowest BCUT2D eigenvalue weighted by molar-refractivity contribution is -0.119. The molecular weight excluding hydrogens is 216 g/mol. The molecule has 0 fully saturated rings. The van der Waals surface area contributed by atoms with Gasteiger partial charge in [-0.25, -0.2) is 0 Å². The van der Waals surface area contributed by atoms with Crippen molar-refractivity contribution in [1.82, 2.24) is 0 Å². The lowest BCUT2D eigenvalue weighted by Crippen LogP contribution is -2.16. The summed E-state index contributed by atoms with van der Waals surface area (Å²) >= 11 is 0. The topological polar surface area (TPSA) is 86.2 Å². The van der Waals surface area contributed by atoms with Gasteiger partial charge in [0, 0.05) is 24.1 Å². The first kappa shape index (κ1) is 13.2. The van der Waals surface area contributed by atoms with E-state index >= 15 is 0 Å². The molecule has 4 N–H and O–H groups in total. The van der Waals surface area contributed by atoms with Crippen molar-refractivity contribution >= 4 is 17.4 Å². The molecule has 0 bridgehead atoms. The Bertz CT molecular complexity index is 439. The van der Waals surface area contributed by atoms with Gasteiger partial charge in [0.05, 0.1) is 0 Å².